The van der Waals surface area contributed by atoms with Crippen molar-refractivity contribution < 1.29 is 14.3 Å². The summed E-state index contributed by atoms with van der Waals surface area (Å²) in [6.45, 7) is 5.08. The summed E-state index contributed by atoms with van der Waals surface area (Å²) in [6.07, 6.45) is 2.36. The van der Waals surface area contributed by atoms with Crippen LogP contribution in [0.2, 0.25) is 0 Å². The fourth-order valence-corrected chi connectivity index (χ4v) is 1.15. The highest BCUT2D eigenvalue weighted by Gasteiger charge is 1.98. The lowest BCUT2D eigenvalue weighted by molar-refractivity contribution is -0.191. The predicted octanol–water partition coefficient (Wildman–Crippen LogP) is 2.45. The number of benzene rings is 1. The van der Waals surface area contributed by atoms with Crippen LogP contribution in [0.25, 0.3) is 0 Å². The van der Waals surface area contributed by atoms with E-state index in [4.69, 9.17) is 14.3 Å². The number of carbonyl (C=O) groups excluding carboxylic acids is 2. The van der Waals surface area contributed by atoms with E-state index in [1.165, 1.54) is 5.56 Å². The first-order valence-electron chi connectivity index (χ1n) is 5.00. The van der Waals surface area contributed by atoms with E-state index in [1.54, 1.807) is 0 Å². The molecule has 0 amide bonds. The van der Waals surface area contributed by atoms with Crippen molar-refractivity contribution in [2.75, 3.05) is 6.61 Å². The minimum Gasteiger partial charge on any atom is -0.493 e. The zero-order chi connectivity index (χ0) is 11.5. The molecule has 0 heterocycles. The topological polar surface area (TPSA) is 43.4 Å². The average Bonchev–Trinajstić information content (AvgIpc) is 2.28. The molecule has 0 fully saturated rings. The van der Waals surface area contributed by atoms with Gasteiger partial charge in [-0.05, 0) is 24.5 Å². The summed E-state index contributed by atoms with van der Waals surface area (Å²) >= 11 is 0. The summed E-state index contributed by atoms with van der Waals surface area (Å²) in [4.78, 5) is 16.2. The fraction of sp³-hybridized carbons (Fsp3) is 0.417. The molecule has 0 saturated heterocycles. The van der Waals surface area contributed by atoms with Crippen molar-refractivity contribution >= 4 is 6.15 Å². The van der Waals surface area contributed by atoms with E-state index in [-0.39, 0.29) is 6.15 Å². The second-order valence-corrected chi connectivity index (χ2v) is 2.89. The van der Waals surface area contributed by atoms with Gasteiger partial charge in [0.05, 0.1) is 6.61 Å². The van der Waals surface area contributed by atoms with Crippen LogP contribution < -0.4 is 4.74 Å². The molecule has 3 nitrogen and oxygen atoms in total. The van der Waals surface area contributed by atoms with Crippen molar-refractivity contribution in [3.05, 3.63) is 29.8 Å². The van der Waals surface area contributed by atoms with E-state index in [0.717, 1.165) is 25.2 Å². The second kappa shape index (κ2) is 8.97. The van der Waals surface area contributed by atoms with Gasteiger partial charge in [-0.3, -0.25) is 0 Å². The molecule has 1 aromatic carbocycles. The fourth-order valence-electron chi connectivity index (χ4n) is 1.15. The molecule has 0 aromatic heterocycles. The molecule has 0 spiro atoms. The summed E-state index contributed by atoms with van der Waals surface area (Å²) < 4.78 is 5.58. The highest BCUT2D eigenvalue weighted by Crippen LogP contribution is 2.18. The van der Waals surface area contributed by atoms with Gasteiger partial charge in [-0.25, -0.2) is 0 Å². The first kappa shape index (κ1) is 13.4. The van der Waals surface area contributed by atoms with Gasteiger partial charge >= 0.3 is 6.15 Å². The Balaban J connectivity index is 0.000000583. The third-order valence-electron chi connectivity index (χ3n) is 1.82. The Morgan fingerprint density at radius 3 is 2.33 bits per heavy atom. The largest absolute Gasteiger partial charge is 0.493 e. The molecule has 0 saturated carbocycles. The van der Waals surface area contributed by atoms with Crippen LogP contribution in [0.5, 0.6) is 5.75 Å². The Morgan fingerprint density at radius 2 is 1.80 bits per heavy atom. The molecule has 82 valence electrons. The Morgan fingerprint density at radius 1 is 1.20 bits per heavy atom. The van der Waals surface area contributed by atoms with Crippen LogP contribution in [0.3, 0.4) is 0 Å². The zero-order valence-corrected chi connectivity index (χ0v) is 9.16. The Kier molecular flexibility index (Phi) is 8.02. The molecule has 0 radical (unpaired) electrons. The van der Waals surface area contributed by atoms with Gasteiger partial charge in [0, 0.05) is 0 Å². The van der Waals surface area contributed by atoms with Crippen LogP contribution in [0.4, 0.5) is 0 Å². The third-order valence-corrected chi connectivity index (χ3v) is 1.82. The SMILES string of the molecule is CCCOc1ccccc1CC.O=C=O. The first-order chi connectivity index (χ1) is 7.29. The molecule has 0 aliphatic carbocycles. The van der Waals surface area contributed by atoms with Crippen LogP contribution in [-0.2, 0) is 16.0 Å². The van der Waals surface area contributed by atoms with E-state index >= 15 is 0 Å². The summed E-state index contributed by atoms with van der Waals surface area (Å²) in [5.74, 6) is 1.04. The van der Waals surface area contributed by atoms with Crippen LogP contribution in [0.1, 0.15) is 25.8 Å². The highest BCUT2D eigenvalue weighted by molar-refractivity contribution is 5.33. The van der Waals surface area contributed by atoms with Crippen molar-refractivity contribution in [2.45, 2.75) is 26.7 Å². The maximum absolute atomic E-state index is 8.12. The maximum Gasteiger partial charge on any atom is 0.373 e. The minimum absolute atomic E-state index is 0.250. The molecule has 0 aliphatic rings. The first-order valence-corrected chi connectivity index (χ1v) is 5.00. The molecule has 1 aromatic rings. The van der Waals surface area contributed by atoms with E-state index < -0.39 is 0 Å². The highest BCUT2D eigenvalue weighted by atomic mass is 16.5. The quantitative estimate of drug-likeness (QED) is 0.763. The van der Waals surface area contributed by atoms with Crippen LogP contribution in [0.15, 0.2) is 24.3 Å². The van der Waals surface area contributed by atoms with Gasteiger partial charge < -0.3 is 4.74 Å². The number of para-hydroxylation sites is 1. The smallest absolute Gasteiger partial charge is 0.373 e. The number of rotatable bonds is 4. The summed E-state index contributed by atoms with van der Waals surface area (Å²) in [7, 11) is 0. The second-order valence-electron chi connectivity index (χ2n) is 2.89. The molecule has 15 heavy (non-hydrogen) atoms. The molecule has 3 heteroatoms. The Bertz CT molecular complexity index is 301. The van der Waals surface area contributed by atoms with E-state index in [2.05, 4.69) is 26.0 Å². The lowest BCUT2D eigenvalue weighted by Gasteiger charge is -2.08. The van der Waals surface area contributed by atoms with Gasteiger partial charge in [0.2, 0.25) is 0 Å². The number of ether oxygens (including phenoxy) is 1. The monoisotopic (exact) mass is 208 g/mol. The molecule has 1 rings (SSSR count). The van der Waals surface area contributed by atoms with Gasteiger partial charge in [-0.2, -0.15) is 9.59 Å². The van der Waals surface area contributed by atoms with Crippen LogP contribution in [-0.4, -0.2) is 12.8 Å². The Hall–Kier alpha value is -1.60. The van der Waals surface area contributed by atoms with Crippen molar-refractivity contribution in [1.29, 1.82) is 0 Å². The normalized spacial score (nSPS) is 8.40. The lowest BCUT2D eigenvalue weighted by atomic mass is 10.1. The molecule has 0 aliphatic heterocycles. The maximum atomic E-state index is 8.12. The number of aryl methyl sites for hydroxylation is 1. The molecule has 0 N–H and O–H groups in total. The van der Waals surface area contributed by atoms with Gasteiger partial charge in [0.25, 0.3) is 0 Å². The predicted molar refractivity (Wildman–Crippen MR) is 56.6 cm³/mol. The van der Waals surface area contributed by atoms with Crippen molar-refractivity contribution in [3.8, 4) is 5.75 Å². The lowest BCUT2D eigenvalue weighted by Crippen LogP contribution is -1.97. The van der Waals surface area contributed by atoms with Gasteiger partial charge in [0.1, 0.15) is 5.75 Å². The molecule has 0 bridgehead atoms. The van der Waals surface area contributed by atoms with Crippen molar-refractivity contribution in [1.82, 2.24) is 0 Å². The van der Waals surface area contributed by atoms with Crippen LogP contribution in [0, 0.1) is 0 Å². The van der Waals surface area contributed by atoms with E-state index in [9.17, 15) is 0 Å². The summed E-state index contributed by atoms with van der Waals surface area (Å²) in [5, 5.41) is 0. The molecule has 0 unspecified atom stereocenters. The van der Waals surface area contributed by atoms with E-state index in [1.807, 2.05) is 12.1 Å². The molecular weight excluding hydrogens is 192 g/mol. The summed E-state index contributed by atoms with van der Waals surface area (Å²) in [6, 6.07) is 8.22. The molecular formula is C12H16O3. The third kappa shape index (κ3) is 5.66. The van der Waals surface area contributed by atoms with Crippen LogP contribution >= 0.6 is 0 Å². The van der Waals surface area contributed by atoms with Gasteiger partial charge in [0.15, 0.2) is 0 Å². The average molecular weight is 208 g/mol. The standard InChI is InChI=1S/C11H16O.CO2/c1-3-9-12-11-8-6-5-7-10(11)4-2;2-1-3/h5-8H,3-4,9H2,1-2H3;. The number of hydrogen-bond donors (Lipinski definition) is 0. The summed E-state index contributed by atoms with van der Waals surface area (Å²) in [5.41, 5.74) is 1.30. The van der Waals surface area contributed by atoms with Crippen molar-refractivity contribution in [3.63, 3.8) is 0 Å². The molecule has 0 atom stereocenters. The van der Waals surface area contributed by atoms with Gasteiger partial charge in [-0.1, -0.05) is 32.0 Å². The Labute approximate surface area is 90.1 Å². The minimum atomic E-state index is 0.250. The van der Waals surface area contributed by atoms with Gasteiger partial charge in [-0.15, -0.1) is 0 Å². The zero-order valence-electron chi connectivity index (χ0n) is 9.16. The van der Waals surface area contributed by atoms with Crippen molar-refractivity contribution in [2.24, 2.45) is 0 Å². The van der Waals surface area contributed by atoms with E-state index in [0.29, 0.717) is 0 Å². The number of hydrogen-bond acceptors (Lipinski definition) is 3.